The number of methoxy groups -OCH3 is 1. The summed E-state index contributed by atoms with van der Waals surface area (Å²) in [6.07, 6.45) is 1.45. The molecule has 2 N–H and O–H groups in total. The number of rotatable bonds is 5. The molecule has 0 bridgehead atoms. The number of ether oxygens (including phenoxy) is 3. The quantitative estimate of drug-likeness (QED) is 0.853. The van der Waals surface area contributed by atoms with Crippen LogP contribution in [0.2, 0.25) is 0 Å². The Morgan fingerprint density at radius 3 is 2.71 bits per heavy atom. The van der Waals surface area contributed by atoms with Gasteiger partial charge < -0.3 is 24.4 Å². The highest BCUT2D eigenvalue weighted by molar-refractivity contribution is 5.39. The molecule has 0 saturated carbocycles. The summed E-state index contributed by atoms with van der Waals surface area (Å²) < 4.78 is 16.5. The van der Waals surface area contributed by atoms with Crippen LogP contribution in [0.3, 0.4) is 0 Å². The summed E-state index contributed by atoms with van der Waals surface area (Å²) in [5, 5.41) is 20.8. The van der Waals surface area contributed by atoms with Crippen molar-refractivity contribution in [2.75, 3.05) is 13.7 Å². The van der Waals surface area contributed by atoms with Crippen molar-refractivity contribution < 1.29 is 24.4 Å². The SMILES string of the molecule is CCC(O)(c1ccnc(OC)c1CO)C1COC(C)(C)O1. The van der Waals surface area contributed by atoms with Crippen molar-refractivity contribution >= 4 is 0 Å². The zero-order chi connectivity index (χ0) is 15.7. The van der Waals surface area contributed by atoms with E-state index in [1.807, 2.05) is 20.8 Å². The molecule has 0 spiro atoms. The van der Waals surface area contributed by atoms with Crippen molar-refractivity contribution in [3.8, 4) is 5.88 Å². The van der Waals surface area contributed by atoms with Crippen LogP contribution >= 0.6 is 0 Å². The van der Waals surface area contributed by atoms with E-state index < -0.39 is 17.5 Å². The van der Waals surface area contributed by atoms with Crippen LogP contribution in [0, 0.1) is 0 Å². The molecule has 2 unspecified atom stereocenters. The van der Waals surface area contributed by atoms with Gasteiger partial charge in [0.15, 0.2) is 5.79 Å². The molecule has 0 aromatic carbocycles. The lowest BCUT2D eigenvalue weighted by atomic mass is 9.83. The molecule has 6 nitrogen and oxygen atoms in total. The van der Waals surface area contributed by atoms with E-state index >= 15 is 0 Å². The highest BCUT2D eigenvalue weighted by atomic mass is 16.7. The van der Waals surface area contributed by atoms with Gasteiger partial charge in [-0.3, -0.25) is 0 Å². The number of aliphatic hydroxyl groups excluding tert-OH is 1. The third-order valence-corrected chi connectivity index (χ3v) is 3.91. The minimum atomic E-state index is -1.28. The second kappa shape index (κ2) is 5.88. The van der Waals surface area contributed by atoms with Crippen molar-refractivity contribution in [2.45, 2.75) is 51.3 Å². The van der Waals surface area contributed by atoms with E-state index in [0.717, 1.165) is 0 Å². The zero-order valence-electron chi connectivity index (χ0n) is 12.9. The van der Waals surface area contributed by atoms with E-state index in [-0.39, 0.29) is 13.2 Å². The summed E-state index contributed by atoms with van der Waals surface area (Å²) in [6, 6.07) is 1.69. The first kappa shape index (κ1) is 16.2. The summed E-state index contributed by atoms with van der Waals surface area (Å²) in [5.74, 6) is -0.426. The Morgan fingerprint density at radius 2 is 2.24 bits per heavy atom. The van der Waals surface area contributed by atoms with E-state index in [0.29, 0.717) is 23.4 Å². The van der Waals surface area contributed by atoms with Crippen LogP contribution in [0.15, 0.2) is 12.3 Å². The molecule has 0 aliphatic carbocycles. The van der Waals surface area contributed by atoms with Crippen LogP contribution < -0.4 is 4.74 Å². The van der Waals surface area contributed by atoms with Gasteiger partial charge in [-0.2, -0.15) is 0 Å². The van der Waals surface area contributed by atoms with Crippen LogP contribution in [0.4, 0.5) is 0 Å². The van der Waals surface area contributed by atoms with E-state index in [9.17, 15) is 10.2 Å². The molecule has 1 aromatic heterocycles. The number of nitrogens with zero attached hydrogens (tertiary/aromatic N) is 1. The normalized spacial score (nSPS) is 23.8. The summed E-state index contributed by atoms with van der Waals surface area (Å²) >= 11 is 0. The van der Waals surface area contributed by atoms with Gasteiger partial charge in [-0.15, -0.1) is 0 Å². The van der Waals surface area contributed by atoms with Crippen LogP contribution in [0.5, 0.6) is 5.88 Å². The topological polar surface area (TPSA) is 81.0 Å². The highest BCUT2D eigenvalue weighted by Crippen LogP contribution is 2.40. The fraction of sp³-hybridized carbons (Fsp3) is 0.667. The van der Waals surface area contributed by atoms with Crippen molar-refractivity contribution in [3.63, 3.8) is 0 Å². The molecule has 21 heavy (non-hydrogen) atoms. The molecular formula is C15H23NO5. The number of aliphatic hydroxyl groups is 2. The summed E-state index contributed by atoms with van der Waals surface area (Å²) in [5.41, 5.74) is -0.245. The van der Waals surface area contributed by atoms with Gasteiger partial charge in [0.25, 0.3) is 0 Å². The van der Waals surface area contributed by atoms with Gasteiger partial charge >= 0.3 is 0 Å². The fourth-order valence-electron chi connectivity index (χ4n) is 2.72. The maximum atomic E-state index is 11.2. The maximum absolute atomic E-state index is 11.2. The van der Waals surface area contributed by atoms with Gasteiger partial charge in [0, 0.05) is 11.8 Å². The molecule has 0 amide bonds. The first-order chi connectivity index (χ1) is 9.88. The Balaban J connectivity index is 2.46. The fourth-order valence-corrected chi connectivity index (χ4v) is 2.72. The molecule has 1 fully saturated rings. The summed E-state index contributed by atoms with van der Waals surface area (Å²) in [7, 11) is 1.48. The Morgan fingerprint density at radius 1 is 1.52 bits per heavy atom. The predicted molar refractivity (Wildman–Crippen MR) is 75.8 cm³/mol. The minimum absolute atomic E-state index is 0.272. The Kier molecular flexibility index (Phi) is 4.53. The third-order valence-electron chi connectivity index (χ3n) is 3.91. The minimum Gasteiger partial charge on any atom is -0.481 e. The summed E-state index contributed by atoms with van der Waals surface area (Å²) in [4.78, 5) is 4.07. The van der Waals surface area contributed by atoms with Crippen LogP contribution in [0.25, 0.3) is 0 Å². The molecule has 0 radical (unpaired) electrons. The van der Waals surface area contributed by atoms with E-state index in [1.54, 1.807) is 12.3 Å². The van der Waals surface area contributed by atoms with Gasteiger partial charge in [0.05, 0.1) is 20.3 Å². The lowest BCUT2D eigenvalue weighted by Gasteiger charge is -2.34. The van der Waals surface area contributed by atoms with Crippen LogP contribution in [-0.2, 0) is 21.7 Å². The second-order valence-electron chi connectivity index (χ2n) is 5.60. The number of aromatic nitrogens is 1. The van der Waals surface area contributed by atoms with Gasteiger partial charge in [0.2, 0.25) is 5.88 Å². The van der Waals surface area contributed by atoms with E-state index in [4.69, 9.17) is 14.2 Å². The predicted octanol–water partition coefficient (Wildman–Crippen LogP) is 1.33. The van der Waals surface area contributed by atoms with Crippen LogP contribution in [-0.4, -0.2) is 40.8 Å². The molecule has 6 heteroatoms. The lowest BCUT2D eigenvalue weighted by Crippen LogP contribution is -2.42. The number of hydrogen-bond acceptors (Lipinski definition) is 6. The Hall–Kier alpha value is -1.21. The third kappa shape index (κ3) is 2.89. The standard InChI is InChI=1S/C15H23NO5/c1-5-15(18,12-9-20-14(2,3)21-12)11-6-7-16-13(19-4)10(11)8-17/h6-7,12,17-18H,5,8-9H2,1-4H3. The molecule has 118 valence electrons. The zero-order valence-corrected chi connectivity index (χ0v) is 12.9. The highest BCUT2D eigenvalue weighted by Gasteiger charge is 2.47. The molecule has 1 aromatic rings. The molecule has 1 aliphatic heterocycles. The molecule has 2 atom stereocenters. The first-order valence-electron chi connectivity index (χ1n) is 7.05. The largest absolute Gasteiger partial charge is 0.481 e. The van der Waals surface area contributed by atoms with Gasteiger partial charge in [-0.05, 0) is 31.9 Å². The van der Waals surface area contributed by atoms with Crippen molar-refractivity contribution in [3.05, 3.63) is 23.4 Å². The van der Waals surface area contributed by atoms with Gasteiger partial charge in [-0.25, -0.2) is 4.98 Å². The van der Waals surface area contributed by atoms with E-state index in [1.165, 1.54) is 7.11 Å². The Bertz CT molecular complexity index is 505. The number of pyridine rings is 1. The van der Waals surface area contributed by atoms with Crippen molar-refractivity contribution in [1.82, 2.24) is 4.98 Å². The van der Waals surface area contributed by atoms with Crippen molar-refractivity contribution in [2.24, 2.45) is 0 Å². The van der Waals surface area contributed by atoms with Gasteiger partial charge in [-0.1, -0.05) is 6.92 Å². The maximum Gasteiger partial charge on any atom is 0.218 e. The van der Waals surface area contributed by atoms with E-state index in [2.05, 4.69) is 4.98 Å². The average molecular weight is 297 g/mol. The molecule has 1 saturated heterocycles. The van der Waals surface area contributed by atoms with Crippen molar-refractivity contribution in [1.29, 1.82) is 0 Å². The summed E-state index contributed by atoms with van der Waals surface area (Å²) in [6.45, 7) is 5.49. The van der Waals surface area contributed by atoms with Gasteiger partial charge in [0.1, 0.15) is 11.7 Å². The lowest BCUT2D eigenvalue weighted by molar-refractivity contribution is -0.173. The first-order valence-corrected chi connectivity index (χ1v) is 7.05. The molecular weight excluding hydrogens is 274 g/mol. The van der Waals surface area contributed by atoms with Crippen LogP contribution in [0.1, 0.15) is 38.3 Å². The molecule has 2 heterocycles. The number of hydrogen-bond donors (Lipinski definition) is 2. The monoisotopic (exact) mass is 297 g/mol. The smallest absolute Gasteiger partial charge is 0.218 e. The Labute approximate surface area is 124 Å². The average Bonchev–Trinajstić information content (AvgIpc) is 2.86. The second-order valence-corrected chi connectivity index (χ2v) is 5.60. The molecule has 1 aliphatic rings. The molecule has 2 rings (SSSR count).